The monoisotopic (exact) mass is 233 g/mol. The number of rotatable bonds is 4. The molecular weight excluding hydrogens is 223 g/mol. The molecule has 1 atom stereocenters. The van der Waals surface area contributed by atoms with Gasteiger partial charge >= 0.3 is 12.1 Å². The fraction of sp³-hybridized carbons (Fsp3) is 0.300. The predicted molar refractivity (Wildman–Crippen MR) is 50.9 cm³/mol. The van der Waals surface area contributed by atoms with E-state index in [-0.39, 0.29) is 0 Å². The lowest BCUT2D eigenvalue weighted by atomic mass is 10.1. The van der Waals surface area contributed by atoms with Crippen LogP contribution in [0.2, 0.25) is 0 Å². The van der Waals surface area contributed by atoms with Crippen molar-refractivity contribution in [3.8, 4) is 0 Å². The molecule has 6 heteroatoms. The Bertz CT molecular complexity index is 351. The molecule has 1 aromatic carbocycles. The van der Waals surface area contributed by atoms with Gasteiger partial charge in [-0.3, -0.25) is 10.1 Å². The maximum absolute atomic E-state index is 11.9. The largest absolute Gasteiger partial charge is 0.480 e. The van der Waals surface area contributed by atoms with Crippen molar-refractivity contribution in [1.82, 2.24) is 5.32 Å². The van der Waals surface area contributed by atoms with Crippen LogP contribution in [0.1, 0.15) is 11.6 Å². The lowest BCUT2D eigenvalue weighted by Gasteiger charge is -2.15. The minimum atomic E-state index is -4.43. The smallest absolute Gasteiger partial charge is 0.401 e. The molecule has 16 heavy (non-hydrogen) atoms. The van der Waals surface area contributed by atoms with E-state index >= 15 is 0 Å². The molecule has 0 bridgehead atoms. The highest BCUT2D eigenvalue weighted by molar-refractivity contribution is 5.75. The summed E-state index contributed by atoms with van der Waals surface area (Å²) in [5.41, 5.74) is 0.291. The van der Waals surface area contributed by atoms with E-state index in [1.165, 1.54) is 12.1 Å². The van der Waals surface area contributed by atoms with Gasteiger partial charge in [0.25, 0.3) is 0 Å². The molecule has 0 saturated carbocycles. The highest BCUT2D eigenvalue weighted by atomic mass is 19.4. The van der Waals surface area contributed by atoms with E-state index in [1.807, 2.05) is 5.32 Å². The van der Waals surface area contributed by atoms with Gasteiger partial charge in [-0.2, -0.15) is 13.2 Å². The molecule has 3 nitrogen and oxygen atoms in total. The number of carboxylic acids is 1. The zero-order valence-electron chi connectivity index (χ0n) is 8.16. The average molecular weight is 233 g/mol. The Balaban J connectivity index is 2.74. The Hall–Kier alpha value is -1.56. The lowest BCUT2D eigenvalue weighted by Crippen LogP contribution is -2.35. The number of carbonyl (C=O) groups is 1. The van der Waals surface area contributed by atoms with Gasteiger partial charge in [-0.25, -0.2) is 0 Å². The molecule has 1 rings (SSSR count). The fourth-order valence-electron chi connectivity index (χ4n) is 1.21. The first-order valence-electron chi connectivity index (χ1n) is 4.48. The van der Waals surface area contributed by atoms with Gasteiger partial charge in [0.2, 0.25) is 0 Å². The van der Waals surface area contributed by atoms with Crippen LogP contribution in [0.15, 0.2) is 30.3 Å². The first-order valence-corrected chi connectivity index (χ1v) is 4.48. The number of aliphatic carboxylic acids is 1. The highest BCUT2D eigenvalue weighted by Crippen LogP contribution is 2.17. The number of hydrogen-bond acceptors (Lipinski definition) is 2. The molecule has 0 heterocycles. The Kier molecular flexibility index (Phi) is 3.89. The van der Waals surface area contributed by atoms with Gasteiger partial charge in [-0.05, 0) is 5.56 Å². The van der Waals surface area contributed by atoms with Gasteiger partial charge in [0.15, 0.2) is 0 Å². The van der Waals surface area contributed by atoms with Crippen LogP contribution in [-0.4, -0.2) is 23.8 Å². The Morgan fingerprint density at radius 3 is 2.31 bits per heavy atom. The summed E-state index contributed by atoms with van der Waals surface area (Å²) >= 11 is 0. The summed E-state index contributed by atoms with van der Waals surface area (Å²) in [6, 6.07) is 6.38. The summed E-state index contributed by atoms with van der Waals surface area (Å²) in [5.74, 6) is -1.34. The minimum Gasteiger partial charge on any atom is -0.480 e. The number of carboxylic acid groups (broad SMARTS) is 1. The molecule has 0 radical (unpaired) electrons. The lowest BCUT2D eigenvalue weighted by molar-refractivity contribution is -0.143. The van der Waals surface area contributed by atoms with Crippen molar-refractivity contribution < 1.29 is 23.1 Å². The molecular formula is C10H10F3NO2. The van der Waals surface area contributed by atoms with Crippen LogP contribution in [0.4, 0.5) is 13.2 Å². The average Bonchev–Trinajstić information content (AvgIpc) is 2.17. The molecule has 0 aliphatic rings. The van der Waals surface area contributed by atoms with Crippen molar-refractivity contribution >= 4 is 5.97 Å². The van der Waals surface area contributed by atoms with Gasteiger partial charge in [-0.15, -0.1) is 0 Å². The summed E-state index contributed by atoms with van der Waals surface area (Å²) in [6.45, 7) is -1.33. The molecule has 0 fully saturated rings. The van der Waals surface area contributed by atoms with Crippen LogP contribution in [0, 0.1) is 0 Å². The summed E-state index contributed by atoms with van der Waals surface area (Å²) in [7, 11) is 0. The van der Waals surface area contributed by atoms with Crippen molar-refractivity contribution in [1.29, 1.82) is 0 Å². The maximum Gasteiger partial charge on any atom is 0.401 e. The Morgan fingerprint density at radius 1 is 1.31 bits per heavy atom. The summed E-state index contributed by atoms with van der Waals surface area (Å²) < 4.78 is 35.8. The topological polar surface area (TPSA) is 49.3 Å². The normalized spacial score (nSPS) is 13.4. The van der Waals surface area contributed by atoms with Crippen molar-refractivity contribution in [2.24, 2.45) is 0 Å². The third-order valence-electron chi connectivity index (χ3n) is 1.89. The first-order chi connectivity index (χ1) is 7.40. The molecule has 0 aliphatic carbocycles. The maximum atomic E-state index is 11.9. The Morgan fingerprint density at radius 2 is 1.88 bits per heavy atom. The predicted octanol–water partition coefficient (Wildman–Crippen LogP) is 1.96. The van der Waals surface area contributed by atoms with Crippen molar-refractivity contribution in [3.05, 3.63) is 35.9 Å². The zero-order chi connectivity index (χ0) is 12.2. The molecule has 2 N–H and O–H groups in total. The van der Waals surface area contributed by atoms with Gasteiger partial charge in [-0.1, -0.05) is 30.3 Å². The first kappa shape index (κ1) is 12.5. The summed E-state index contributed by atoms with van der Waals surface area (Å²) in [5, 5.41) is 10.7. The summed E-state index contributed by atoms with van der Waals surface area (Å²) in [4.78, 5) is 10.8. The van der Waals surface area contributed by atoms with E-state index < -0.39 is 24.7 Å². The number of halogens is 3. The molecule has 88 valence electrons. The quantitative estimate of drug-likeness (QED) is 0.835. The summed E-state index contributed by atoms with van der Waals surface area (Å²) in [6.07, 6.45) is -4.43. The molecule has 0 aromatic heterocycles. The van der Waals surface area contributed by atoms with Gasteiger partial charge in [0.05, 0.1) is 6.54 Å². The second kappa shape index (κ2) is 4.98. The van der Waals surface area contributed by atoms with Crippen LogP contribution in [0.5, 0.6) is 0 Å². The van der Waals surface area contributed by atoms with Crippen molar-refractivity contribution in [3.63, 3.8) is 0 Å². The second-order valence-electron chi connectivity index (χ2n) is 3.18. The molecule has 1 unspecified atom stereocenters. The van der Waals surface area contributed by atoms with Gasteiger partial charge < -0.3 is 5.11 Å². The third kappa shape index (κ3) is 3.90. The number of alkyl halides is 3. The standard InChI is InChI=1S/C10H10F3NO2/c11-10(12,13)6-14-8(9(15)16)7-4-2-1-3-5-7/h1-5,8,14H,6H2,(H,15,16). The third-order valence-corrected chi connectivity index (χ3v) is 1.89. The number of benzene rings is 1. The van der Waals surface area contributed by atoms with Crippen LogP contribution >= 0.6 is 0 Å². The van der Waals surface area contributed by atoms with Crippen molar-refractivity contribution in [2.75, 3.05) is 6.54 Å². The van der Waals surface area contributed by atoms with E-state index in [2.05, 4.69) is 0 Å². The molecule has 1 aromatic rings. The van der Waals surface area contributed by atoms with E-state index in [9.17, 15) is 18.0 Å². The van der Waals surface area contributed by atoms with E-state index in [0.717, 1.165) is 0 Å². The second-order valence-corrected chi connectivity index (χ2v) is 3.18. The number of nitrogens with one attached hydrogen (secondary N) is 1. The molecule has 0 spiro atoms. The highest BCUT2D eigenvalue weighted by Gasteiger charge is 2.30. The fourth-order valence-corrected chi connectivity index (χ4v) is 1.21. The van der Waals surface area contributed by atoms with Gasteiger partial charge in [0, 0.05) is 0 Å². The van der Waals surface area contributed by atoms with E-state index in [4.69, 9.17) is 5.11 Å². The van der Waals surface area contributed by atoms with Gasteiger partial charge in [0.1, 0.15) is 6.04 Å². The van der Waals surface area contributed by atoms with Crippen molar-refractivity contribution in [2.45, 2.75) is 12.2 Å². The van der Waals surface area contributed by atoms with Crippen LogP contribution in [0.25, 0.3) is 0 Å². The zero-order valence-corrected chi connectivity index (χ0v) is 8.16. The van der Waals surface area contributed by atoms with E-state index in [0.29, 0.717) is 5.56 Å². The van der Waals surface area contributed by atoms with Crippen LogP contribution in [0.3, 0.4) is 0 Å². The Labute approximate surface area is 89.9 Å². The minimum absolute atomic E-state index is 0.291. The molecule has 0 amide bonds. The molecule has 0 aliphatic heterocycles. The van der Waals surface area contributed by atoms with Crippen LogP contribution in [-0.2, 0) is 4.79 Å². The van der Waals surface area contributed by atoms with Crippen LogP contribution < -0.4 is 5.32 Å². The number of hydrogen-bond donors (Lipinski definition) is 2. The van der Waals surface area contributed by atoms with E-state index in [1.54, 1.807) is 18.2 Å². The molecule has 0 saturated heterocycles. The SMILES string of the molecule is O=C(O)C(NCC(F)(F)F)c1ccccc1.